The lowest BCUT2D eigenvalue weighted by Gasteiger charge is -2.17. The molecule has 0 radical (unpaired) electrons. The molecule has 3 nitrogen and oxygen atoms in total. The lowest BCUT2D eigenvalue weighted by molar-refractivity contribution is -0.127. The molecule has 0 fully saturated rings. The zero-order valence-electron chi connectivity index (χ0n) is 12.5. The fourth-order valence-electron chi connectivity index (χ4n) is 2.08. The maximum atomic E-state index is 12.3. The Kier molecular flexibility index (Phi) is 5.69. The Morgan fingerprint density at radius 1 is 1.35 bits per heavy atom. The fraction of sp³-hybridized carbons (Fsp3) is 0.250. The summed E-state index contributed by atoms with van der Waals surface area (Å²) in [6, 6.07) is 12.0. The molecule has 0 N–H and O–H groups in total. The monoisotopic (exact) mass is 382 g/mol. The van der Waals surface area contributed by atoms with E-state index in [1.54, 1.807) is 16.7 Å². The summed E-state index contributed by atoms with van der Waals surface area (Å²) >= 11 is 10.6. The molecular formula is C16H15ClN2OS3. The summed E-state index contributed by atoms with van der Waals surface area (Å²) in [6.07, 6.45) is 0. The van der Waals surface area contributed by atoms with Gasteiger partial charge in [0.1, 0.15) is 4.38 Å². The van der Waals surface area contributed by atoms with Crippen molar-refractivity contribution in [1.29, 1.82) is 0 Å². The predicted molar refractivity (Wildman–Crippen MR) is 103 cm³/mol. The van der Waals surface area contributed by atoms with E-state index in [9.17, 15) is 4.79 Å². The minimum atomic E-state index is 0.0988. The second kappa shape index (κ2) is 7.75. The van der Waals surface area contributed by atoms with Gasteiger partial charge in [0.15, 0.2) is 0 Å². The predicted octanol–water partition coefficient (Wildman–Crippen LogP) is 5.03. The van der Waals surface area contributed by atoms with Crippen LogP contribution in [0.25, 0.3) is 0 Å². The van der Waals surface area contributed by atoms with Crippen molar-refractivity contribution in [3.8, 4) is 0 Å². The van der Waals surface area contributed by atoms with E-state index in [0.29, 0.717) is 12.3 Å². The van der Waals surface area contributed by atoms with Crippen molar-refractivity contribution in [3.05, 3.63) is 51.2 Å². The van der Waals surface area contributed by atoms with Crippen LogP contribution >= 0.6 is 46.5 Å². The quantitative estimate of drug-likeness (QED) is 0.743. The molecule has 1 aromatic heterocycles. The van der Waals surface area contributed by atoms with E-state index in [2.05, 4.69) is 11.1 Å². The molecule has 1 aliphatic rings. The third-order valence-corrected chi connectivity index (χ3v) is 6.77. The van der Waals surface area contributed by atoms with Crippen molar-refractivity contribution in [1.82, 2.24) is 4.90 Å². The van der Waals surface area contributed by atoms with Crippen LogP contribution in [0.1, 0.15) is 10.4 Å². The van der Waals surface area contributed by atoms with Gasteiger partial charge in [-0.3, -0.25) is 4.79 Å². The molecule has 120 valence electrons. The summed E-state index contributed by atoms with van der Waals surface area (Å²) in [4.78, 5) is 19.7. The minimum absolute atomic E-state index is 0.0988. The van der Waals surface area contributed by atoms with Crippen LogP contribution < -0.4 is 0 Å². The summed E-state index contributed by atoms with van der Waals surface area (Å²) in [5.41, 5.74) is 2.27. The Hall–Kier alpha value is -0.950. The van der Waals surface area contributed by atoms with E-state index in [1.165, 1.54) is 28.7 Å². The zero-order valence-corrected chi connectivity index (χ0v) is 15.7. The number of hydrogen-bond acceptors (Lipinski definition) is 5. The van der Waals surface area contributed by atoms with Crippen molar-refractivity contribution < 1.29 is 4.79 Å². The molecule has 3 rings (SSSR count). The Morgan fingerprint density at radius 2 is 2.17 bits per heavy atom. The van der Waals surface area contributed by atoms with Gasteiger partial charge in [0, 0.05) is 17.7 Å². The molecule has 0 bridgehead atoms. The van der Waals surface area contributed by atoms with Crippen LogP contribution in [-0.4, -0.2) is 28.0 Å². The number of halogens is 1. The van der Waals surface area contributed by atoms with E-state index >= 15 is 0 Å². The summed E-state index contributed by atoms with van der Waals surface area (Å²) in [5, 5.41) is 0. The van der Waals surface area contributed by atoms with Crippen molar-refractivity contribution in [3.63, 3.8) is 0 Å². The summed E-state index contributed by atoms with van der Waals surface area (Å²) in [6.45, 7) is 0.596. The first-order chi connectivity index (χ1) is 11.1. The SMILES string of the molecule is CN(Cc1ccc(Cl)s1)C(=O)CSC1=Nc2ccccc2CS1. The number of rotatable bonds is 4. The van der Waals surface area contributed by atoms with Crippen LogP contribution in [0.5, 0.6) is 0 Å². The highest BCUT2D eigenvalue weighted by Crippen LogP contribution is 2.34. The van der Waals surface area contributed by atoms with Crippen LogP contribution in [0.3, 0.4) is 0 Å². The molecule has 7 heteroatoms. The van der Waals surface area contributed by atoms with E-state index in [0.717, 1.165) is 25.0 Å². The van der Waals surface area contributed by atoms with Crippen LogP contribution in [-0.2, 0) is 17.1 Å². The molecule has 1 aromatic carbocycles. The van der Waals surface area contributed by atoms with Crippen LogP contribution in [0.15, 0.2) is 41.4 Å². The third kappa shape index (κ3) is 4.53. The van der Waals surface area contributed by atoms with Gasteiger partial charge in [-0.15, -0.1) is 11.3 Å². The standard InChI is InChI=1S/C16H15ClN2OS3/c1-19(8-12-6-7-14(17)23-12)15(20)10-22-16-18-13-5-3-2-4-11(13)9-21-16/h2-7H,8-10H2,1H3. The van der Waals surface area contributed by atoms with E-state index in [1.807, 2.05) is 37.4 Å². The first-order valence-electron chi connectivity index (χ1n) is 7.02. The van der Waals surface area contributed by atoms with E-state index < -0.39 is 0 Å². The number of fused-ring (bicyclic) bond motifs is 1. The lowest BCUT2D eigenvalue weighted by atomic mass is 10.2. The number of nitrogens with zero attached hydrogens (tertiary/aromatic N) is 2. The lowest BCUT2D eigenvalue weighted by Crippen LogP contribution is -2.27. The van der Waals surface area contributed by atoms with Gasteiger partial charge < -0.3 is 4.90 Å². The second-order valence-electron chi connectivity index (χ2n) is 5.04. The Bertz CT molecular complexity index is 744. The Balaban J connectivity index is 1.54. The molecule has 1 amide bonds. The highest BCUT2D eigenvalue weighted by molar-refractivity contribution is 8.38. The van der Waals surface area contributed by atoms with Crippen molar-refractivity contribution in [2.24, 2.45) is 4.99 Å². The van der Waals surface area contributed by atoms with Gasteiger partial charge in [0.25, 0.3) is 0 Å². The normalized spacial score (nSPS) is 13.4. The number of para-hydroxylation sites is 1. The minimum Gasteiger partial charge on any atom is -0.340 e. The molecule has 2 heterocycles. The highest BCUT2D eigenvalue weighted by Gasteiger charge is 2.16. The molecule has 23 heavy (non-hydrogen) atoms. The Labute approximate surface area is 153 Å². The maximum absolute atomic E-state index is 12.3. The number of carbonyl (C=O) groups is 1. The number of aliphatic imine (C=N–C) groups is 1. The van der Waals surface area contributed by atoms with Crippen LogP contribution in [0.2, 0.25) is 4.34 Å². The molecule has 2 aromatic rings. The topological polar surface area (TPSA) is 32.7 Å². The second-order valence-corrected chi connectivity index (χ2v) is 9.03. The van der Waals surface area contributed by atoms with Gasteiger partial charge >= 0.3 is 0 Å². The van der Waals surface area contributed by atoms with Gasteiger partial charge in [-0.25, -0.2) is 4.99 Å². The fourth-order valence-corrected chi connectivity index (χ4v) is 5.22. The number of amides is 1. The van der Waals surface area contributed by atoms with Gasteiger partial charge in [-0.05, 0) is 23.8 Å². The molecule has 0 saturated heterocycles. The van der Waals surface area contributed by atoms with E-state index in [4.69, 9.17) is 11.6 Å². The van der Waals surface area contributed by atoms with Gasteiger partial charge in [0.2, 0.25) is 5.91 Å². The number of hydrogen-bond donors (Lipinski definition) is 0. The molecular weight excluding hydrogens is 368 g/mol. The summed E-state index contributed by atoms with van der Waals surface area (Å²) < 4.78 is 1.71. The van der Waals surface area contributed by atoms with Crippen LogP contribution in [0.4, 0.5) is 5.69 Å². The van der Waals surface area contributed by atoms with E-state index in [-0.39, 0.29) is 5.91 Å². The maximum Gasteiger partial charge on any atom is 0.233 e. The van der Waals surface area contributed by atoms with Crippen molar-refractivity contribution >= 4 is 62.4 Å². The molecule has 0 unspecified atom stereocenters. The highest BCUT2D eigenvalue weighted by atomic mass is 35.5. The van der Waals surface area contributed by atoms with Gasteiger partial charge in [0.05, 0.1) is 22.3 Å². The number of carbonyl (C=O) groups excluding carboxylic acids is 1. The summed E-state index contributed by atoms with van der Waals surface area (Å²) in [7, 11) is 1.82. The van der Waals surface area contributed by atoms with Gasteiger partial charge in [-0.1, -0.05) is 53.3 Å². The molecule has 0 spiro atoms. The molecule has 0 aliphatic carbocycles. The van der Waals surface area contributed by atoms with Crippen LogP contribution in [0, 0.1) is 0 Å². The number of benzene rings is 1. The molecule has 1 aliphatic heterocycles. The smallest absolute Gasteiger partial charge is 0.233 e. The molecule has 0 atom stereocenters. The number of thiophene rings is 1. The van der Waals surface area contributed by atoms with Crippen molar-refractivity contribution in [2.45, 2.75) is 12.3 Å². The first-order valence-corrected chi connectivity index (χ1v) is 10.2. The number of thioether (sulfide) groups is 2. The van der Waals surface area contributed by atoms with Crippen molar-refractivity contribution in [2.75, 3.05) is 12.8 Å². The van der Waals surface area contributed by atoms with Gasteiger partial charge in [-0.2, -0.15) is 0 Å². The zero-order chi connectivity index (χ0) is 16.2. The summed E-state index contributed by atoms with van der Waals surface area (Å²) in [5.74, 6) is 1.42. The first kappa shape index (κ1) is 16.9. The molecule has 0 saturated carbocycles. The average Bonchev–Trinajstić information content (AvgIpc) is 2.97. The Morgan fingerprint density at radius 3 is 2.96 bits per heavy atom. The third-order valence-electron chi connectivity index (χ3n) is 3.32. The average molecular weight is 383 g/mol. The largest absolute Gasteiger partial charge is 0.340 e.